The van der Waals surface area contributed by atoms with Gasteiger partial charge in [-0.15, -0.1) is 0 Å². The van der Waals surface area contributed by atoms with E-state index in [2.05, 4.69) is 10.9 Å². The zero-order chi connectivity index (χ0) is 17.8. The van der Waals surface area contributed by atoms with Gasteiger partial charge in [-0.3, -0.25) is 15.6 Å². The first-order valence-corrected chi connectivity index (χ1v) is 9.08. The van der Waals surface area contributed by atoms with Crippen molar-refractivity contribution in [2.45, 2.75) is 0 Å². The minimum atomic E-state index is -0.322. The lowest BCUT2D eigenvalue weighted by atomic mass is 9.96. The summed E-state index contributed by atoms with van der Waals surface area (Å²) in [6, 6.07) is 21.6. The molecule has 2 N–H and O–H groups in total. The summed E-state index contributed by atoms with van der Waals surface area (Å²) < 4.78 is 5.69. The van der Waals surface area contributed by atoms with Crippen molar-refractivity contribution in [1.82, 2.24) is 5.43 Å². The van der Waals surface area contributed by atoms with E-state index in [1.807, 2.05) is 77.5 Å². The van der Waals surface area contributed by atoms with Gasteiger partial charge in [-0.05, 0) is 22.6 Å². The van der Waals surface area contributed by atoms with E-state index in [4.69, 9.17) is 4.42 Å². The Morgan fingerprint density at radius 3 is 2.23 bits per heavy atom. The molecule has 4 aromatic rings. The summed E-state index contributed by atoms with van der Waals surface area (Å²) in [5.74, 6) is -0.0463. The third-order valence-electron chi connectivity index (χ3n) is 3.99. The van der Waals surface area contributed by atoms with Gasteiger partial charge in [0.1, 0.15) is 0 Å². The maximum Gasteiger partial charge on any atom is 0.305 e. The van der Waals surface area contributed by atoms with Crippen LogP contribution in [0.4, 0.5) is 5.69 Å². The van der Waals surface area contributed by atoms with Crippen molar-refractivity contribution < 1.29 is 9.21 Å². The van der Waals surface area contributed by atoms with Gasteiger partial charge in [0.15, 0.2) is 0 Å². The Balaban J connectivity index is 1.72. The van der Waals surface area contributed by atoms with Crippen LogP contribution in [0.5, 0.6) is 0 Å². The number of anilines is 1. The molecule has 0 radical (unpaired) electrons. The summed E-state index contributed by atoms with van der Waals surface area (Å²) in [4.78, 5) is 12.7. The molecule has 128 valence electrons. The lowest BCUT2D eigenvalue weighted by Gasteiger charge is -2.08. The predicted octanol–water partition coefficient (Wildman–Crippen LogP) is 5.43. The summed E-state index contributed by atoms with van der Waals surface area (Å²) in [6.45, 7) is 0. The summed E-state index contributed by atoms with van der Waals surface area (Å²) in [7, 11) is 0. The Kier molecular flexibility index (Phi) is 4.53. The van der Waals surface area contributed by atoms with Gasteiger partial charge < -0.3 is 4.42 Å². The molecule has 0 bridgehead atoms. The van der Waals surface area contributed by atoms with Crippen LogP contribution in [0.15, 0.2) is 88.2 Å². The van der Waals surface area contributed by atoms with Gasteiger partial charge >= 0.3 is 5.91 Å². The number of hydrogen-bond donors (Lipinski definition) is 2. The monoisotopic (exact) mass is 360 g/mol. The molecule has 4 rings (SSSR count). The first-order valence-electron chi connectivity index (χ1n) is 8.14. The van der Waals surface area contributed by atoms with Gasteiger partial charge in [-0.2, -0.15) is 11.3 Å². The van der Waals surface area contributed by atoms with Crippen LogP contribution < -0.4 is 10.9 Å². The SMILES string of the molecule is O=C(NNc1ccsc1)c1occ(-c2ccccc2)c1-c1ccccc1. The smallest absolute Gasteiger partial charge is 0.305 e. The van der Waals surface area contributed by atoms with Crippen LogP contribution in [0.25, 0.3) is 22.3 Å². The Bertz CT molecular complexity index is 993. The zero-order valence-corrected chi connectivity index (χ0v) is 14.6. The van der Waals surface area contributed by atoms with Crippen molar-refractivity contribution in [3.8, 4) is 22.3 Å². The molecular formula is C21H16N2O2S. The average molecular weight is 360 g/mol. The normalized spacial score (nSPS) is 10.5. The van der Waals surface area contributed by atoms with Crippen molar-refractivity contribution in [3.05, 3.63) is 89.5 Å². The molecule has 0 fully saturated rings. The van der Waals surface area contributed by atoms with Crippen LogP contribution in [-0.4, -0.2) is 5.91 Å². The van der Waals surface area contributed by atoms with E-state index in [0.29, 0.717) is 0 Å². The fourth-order valence-corrected chi connectivity index (χ4v) is 3.36. The highest BCUT2D eigenvalue weighted by atomic mass is 32.1. The number of benzene rings is 2. The molecule has 0 atom stereocenters. The summed E-state index contributed by atoms with van der Waals surface area (Å²) in [5.41, 5.74) is 10.0. The maximum absolute atomic E-state index is 12.7. The minimum Gasteiger partial charge on any atom is -0.458 e. The highest BCUT2D eigenvalue weighted by Crippen LogP contribution is 2.36. The topological polar surface area (TPSA) is 54.3 Å². The highest BCUT2D eigenvalue weighted by molar-refractivity contribution is 7.08. The highest BCUT2D eigenvalue weighted by Gasteiger charge is 2.22. The number of nitrogens with one attached hydrogen (secondary N) is 2. The molecule has 1 amide bonds. The second-order valence-corrected chi connectivity index (χ2v) is 6.46. The molecule has 0 aliphatic carbocycles. The average Bonchev–Trinajstić information content (AvgIpc) is 3.37. The van der Waals surface area contributed by atoms with Gasteiger partial charge in [0, 0.05) is 16.5 Å². The molecule has 0 aliphatic heterocycles. The van der Waals surface area contributed by atoms with Crippen molar-refractivity contribution >= 4 is 22.9 Å². The number of rotatable bonds is 5. The zero-order valence-electron chi connectivity index (χ0n) is 13.8. The van der Waals surface area contributed by atoms with Crippen molar-refractivity contribution in [3.63, 3.8) is 0 Å². The van der Waals surface area contributed by atoms with Crippen molar-refractivity contribution in [1.29, 1.82) is 0 Å². The van der Waals surface area contributed by atoms with E-state index in [1.165, 1.54) is 0 Å². The second kappa shape index (κ2) is 7.29. The number of hydrogen-bond acceptors (Lipinski definition) is 4. The third kappa shape index (κ3) is 3.25. The van der Waals surface area contributed by atoms with Gasteiger partial charge in [0.25, 0.3) is 0 Å². The molecule has 4 nitrogen and oxygen atoms in total. The second-order valence-electron chi connectivity index (χ2n) is 5.68. The number of carbonyl (C=O) groups is 1. The fraction of sp³-hybridized carbons (Fsp3) is 0. The summed E-state index contributed by atoms with van der Waals surface area (Å²) in [5, 5.41) is 3.85. The Morgan fingerprint density at radius 1 is 0.885 bits per heavy atom. The third-order valence-corrected chi connectivity index (χ3v) is 4.67. The van der Waals surface area contributed by atoms with Crippen molar-refractivity contribution in [2.24, 2.45) is 0 Å². The molecule has 26 heavy (non-hydrogen) atoms. The number of thiophene rings is 1. The number of furan rings is 1. The van der Waals surface area contributed by atoms with Gasteiger partial charge in [0.2, 0.25) is 5.76 Å². The Hall–Kier alpha value is -3.31. The van der Waals surface area contributed by atoms with Gasteiger partial charge in [-0.25, -0.2) is 0 Å². The van der Waals surface area contributed by atoms with E-state index >= 15 is 0 Å². The summed E-state index contributed by atoms with van der Waals surface area (Å²) in [6.07, 6.45) is 1.64. The van der Waals surface area contributed by atoms with Crippen molar-refractivity contribution in [2.75, 3.05) is 5.43 Å². The molecule has 2 aromatic heterocycles. The first kappa shape index (κ1) is 16.2. The lowest BCUT2D eigenvalue weighted by Crippen LogP contribution is -2.29. The molecule has 5 heteroatoms. The fourth-order valence-electron chi connectivity index (χ4n) is 2.77. The largest absolute Gasteiger partial charge is 0.458 e. The maximum atomic E-state index is 12.7. The summed E-state index contributed by atoms with van der Waals surface area (Å²) >= 11 is 1.55. The Labute approximate surface area is 155 Å². The van der Waals surface area contributed by atoms with Crippen LogP contribution in [0.3, 0.4) is 0 Å². The number of amides is 1. The molecular weight excluding hydrogens is 344 g/mol. The standard InChI is InChI=1S/C21H16N2O2S/c24-21(23-22-17-11-12-26-14-17)20-19(16-9-5-2-6-10-16)18(13-25-20)15-7-3-1-4-8-15/h1-14,22H,(H,23,24). The van der Waals surface area contributed by atoms with Crippen LogP contribution in [0.2, 0.25) is 0 Å². The molecule has 2 aromatic carbocycles. The molecule has 0 spiro atoms. The van der Waals surface area contributed by atoms with E-state index < -0.39 is 0 Å². The molecule has 2 heterocycles. The molecule has 0 saturated heterocycles. The van der Waals surface area contributed by atoms with Crippen LogP contribution in [0.1, 0.15) is 10.6 Å². The minimum absolute atomic E-state index is 0.276. The van der Waals surface area contributed by atoms with E-state index in [0.717, 1.165) is 27.9 Å². The molecule has 0 unspecified atom stereocenters. The van der Waals surface area contributed by atoms with E-state index in [9.17, 15) is 4.79 Å². The lowest BCUT2D eigenvalue weighted by molar-refractivity contribution is 0.0936. The van der Waals surface area contributed by atoms with Crippen LogP contribution in [-0.2, 0) is 0 Å². The number of hydrazine groups is 1. The number of carbonyl (C=O) groups excluding carboxylic acids is 1. The Morgan fingerprint density at radius 2 is 1.58 bits per heavy atom. The quantitative estimate of drug-likeness (QED) is 0.467. The predicted molar refractivity (Wildman–Crippen MR) is 105 cm³/mol. The van der Waals surface area contributed by atoms with Gasteiger partial charge in [-0.1, -0.05) is 60.7 Å². The van der Waals surface area contributed by atoms with E-state index in [1.54, 1.807) is 17.6 Å². The molecule has 0 aliphatic rings. The molecule has 0 saturated carbocycles. The van der Waals surface area contributed by atoms with E-state index in [-0.39, 0.29) is 11.7 Å². The van der Waals surface area contributed by atoms with Gasteiger partial charge in [0.05, 0.1) is 12.0 Å². The van der Waals surface area contributed by atoms with Crippen LogP contribution in [0, 0.1) is 0 Å². The first-order chi connectivity index (χ1) is 12.8. The van der Waals surface area contributed by atoms with Crippen LogP contribution >= 0.6 is 11.3 Å².